The lowest BCUT2D eigenvalue weighted by Crippen LogP contribution is -2.41. The van der Waals surface area contributed by atoms with Crippen LogP contribution in [0.15, 0.2) is 65.6 Å². The third-order valence-electron chi connectivity index (χ3n) is 5.79. The highest BCUT2D eigenvalue weighted by Crippen LogP contribution is 2.38. The number of likely N-dealkylation sites (N-methyl/N-ethyl adjacent to an activating group) is 1. The van der Waals surface area contributed by atoms with Crippen LogP contribution in [0.4, 0.5) is 0 Å². The van der Waals surface area contributed by atoms with Crippen LogP contribution in [-0.2, 0) is 27.9 Å². The summed E-state index contributed by atoms with van der Waals surface area (Å²) < 4.78 is 44.4. The van der Waals surface area contributed by atoms with Gasteiger partial charge in [-0.2, -0.15) is 4.31 Å². The first-order chi connectivity index (χ1) is 17.6. The number of aryl methyl sites for hydroxylation is 1. The summed E-state index contributed by atoms with van der Waals surface area (Å²) in [5, 5.41) is 0.482. The standard InChI is InChI=1S/C27H31ClN2O6S/c1-19-9-11-23(12-10-19)37(32,33)30(17-20-7-6-8-22(28)13-20)18-26(31)29(2)16-21-14-24(34-3)27(36-5)25(15-21)35-4/h6-15H,16-18H2,1-5H3. The molecule has 3 aromatic rings. The van der Waals surface area contributed by atoms with E-state index in [2.05, 4.69) is 0 Å². The maximum Gasteiger partial charge on any atom is 0.243 e. The van der Waals surface area contributed by atoms with Gasteiger partial charge in [0, 0.05) is 25.2 Å². The lowest BCUT2D eigenvalue weighted by molar-refractivity contribution is -0.130. The number of amides is 1. The van der Waals surface area contributed by atoms with Gasteiger partial charge in [-0.15, -0.1) is 0 Å². The minimum absolute atomic E-state index is 0.0134. The fourth-order valence-corrected chi connectivity index (χ4v) is 5.37. The number of ether oxygens (including phenoxy) is 3. The SMILES string of the molecule is COc1cc(CN(C)C(=O)CN(Cc2cccc(Cl)c2)S(=O)(=O)c2ccc(C)cc2)cc(OC)c1OC. The molecule has 0 radical (unpaired) electrons. The molecule has 3 rings (SSSR count). The van der Waals surface area contributed by atoms with Gasteiger partial charge in [0.2, 0.25) is 21.7 Å². The number of benzene rings is 3. The lowest BCUT2D eigenvalue weighted by atomic mass is 10.1. The number of carbonyl (C=O) groups excluding carboxylic acids is 1. The minimum Gasteiger partial charge on any atom is -0.493 e. The van der Waals surface area contributed by atoms with E-state index < -0.39 is 10.0 Å². The zero-order chi connectivity index (χ0) is 27.2. The zero-order valence-corrected chi connectivity index (χ0v) is 23.1. The van der Waals surface area contributed by atoms with Crippen molar-refractivity contribution in [1.29, 1.82) is 0 Å². The molecule has 10 heteroatoms. The van der Waals surface area contributed by atoms with E-state index in [1.54, 1.807) is 67.7 Å². The predicted octanol–water partition coefficient (Wildman–Crippen LogP) is 4.52. The molecule has 3 aromatic carbocycles. The van der Waals surface area contributed by atoms with E-state index in [-0.39, 0.29) is 30.4 Å². The van der Waals surface area contributed by atoms with E-state index in [4.69, 9.17) is 25.8 Å². The number of carbonyl (C=O) groups is 1. The van der Waals surface area contributed by atoms with Gasteiger partial charge in [0.25, 0.3) is 0 Å². The first kappa shape index (κ1) is 28.3. The summed E-state index contributed by atoms with van der Waals surface area (Å²) in [5.74, 6) is 0.982. The fraction of sp³-hybridized carbons (Fsp3) is 0.296. The largest absolute Gasteiger partial charge is 0.493 e. The highest BCUT2D eigenvalue weighted by molar-refractivity contribution is 7.89. The summed E-state index contributed by atoms with van der Waals surface area (Å²) in [5.41, 5.74) is 2.33. The Morgan fingerprint density at radius 3 is 2.03 bits per heavy atom. The van der Waals surface area contributed by atoms with E-state index in [1.165, 1.54) is 26.2 Å². The topological polar surface area (TPSA) is 85.4 Å². The maximum atomic E-state index is 13.6. The number of nitrogens with zero attached hydrogens (tertiary/aromatic N) is 2. The molecule has 0 aliphatic carbocycles. The Kier molecular flexibility index (Phi) is 9.42. The van der Waals surface area contributed by atoms with Crippen molar-refractivity contribution in [3.63, 3.8) is 0 Å². The Bertz CT molecular complexity index is 1320. The number of hydrogen-bond donors (Lipinski definition) is 0. The van der Waals surface area contributed by atoms with Gasteiger partial charge < -0.3 is 19.1 Å². The predicted molar refractivity (Wildman–Crippen MR) is 143 cm³/mol. The molecular weight excluding hydrogens is 516 g/mol. The molecule has 198 valence electrons. The van der Waals surface area contributed by atoms with E-state index in [0.717, 1.165) is 15.4 Å². The maximum absolute atomic E-state index is 13.6. The molecule has 37 heavy (non-hydrogen) atoms. The molecule has 0 aliphatic heterocycles. The summed E-state index contributed by atoms with van der Waals surface area (Å²) in [6.07, 6.45) is 0. The molecule has 0 aromatic heterocycles. The Balaban J connectivity index is 1.88. The molecule has 0 bridgehead atoms. The monoisotopic (exact) mass is 546 g/mol. The molecule has 0 atom stereocenters. The summed E-state index contributed by atoms with van der Waals surface area (Å²) >= 11 is 6.12. The van der Waals surface area contributed by atoms with Crippen molar-refractivity contribution < 1.29 is 27.4 Å². The summed E-state index contributed by atoms with van der Waals surface area (Å²) in [7, 11) is 2.18. The van der Waals surface area contributed by atoms with E-state index >= 15 is 0 Å². The Labute approximate surface area is 223 Å². The van der Waals surface area contributed by atoms with Crippen molar-refractivity contribution >= 4 is 27.5 Å². The quantitative estimate of drug-likeness (QED) is 0.351. The van der Waals surface area contributed by atoms with Gasteiger partial charge in [-0.25, -0.2) is 8.42 Å². The van der Waals surface area contributed by atoms with Crippen molar-refractivity contribution in [2.75, 3.05) is 34.9 Å². The number of methoxy groups -OCH3 is 3. The van der Waals surface area contributed by atoms with Gasteiger partial charge in [-0.1, -0.05) is 41.4 Å². The van der Waals surface area contributed by atoms with Crippen LogP contribution in [0.1, 0.15) is 16.7 Å². The molecule has 0 saturated carbocycles. The van der Waals surface area contributed by atoms with Crippen molar-refractivity contribution in [2.45, 2.75) is 24.9 Å². The van der Waals surface area contributed by atoms with Gasteiger partial charge in [0.1, 0.15) is 0 Å². The molecule has 8 nitrogen and oxygen atoms in total. The second-order valence-electron chi connectivity index (χ2n) is 8.50. The third kappa shape index (κ3) is 6.94. The molecule has 0 saturated heterocycles. The van der Waals surface area contributed by atoms with Crippen LogP contribution in [0.2, 0.25) is 5.02 Å². The van der Waals surface area contributed by atoms with Crippen molar-refractivity contribution in [1.82, 2.24) is 9.21 Å². The van der Waals surface area contributed by atoms with Crippen LogP contribution in [0.3, 0.4) is 0 Å². The first-order valence-corrected chi connectivity index (χ1v) is 13.2. The smallest absolute Gasteiger partial charge is 0.243 e. The van der Waals surface area contributed by atoms with Gasteiger partial charge in [-0.05, 0) is 54.4 Å². The Morgan fingerprint density at radius 2 is 1.49 bits per heavy atom. The zero-order valence-electron chi connectivity index (χ0n) is 21.5. The van der Waals surface area contributed by atoms with Gasteiger partial charge in [0.05, 0.1) is 32.8 Å². The summed E-state index contributed by atoms with van der Waals surface area (Å²) in [6.45, 7) is 1.71. The second-order valence-corrected chi connectivity index (χ2v) is 10.9. The molecule has 1 amide bonds. The van der Waals surface area contributed by atoms with Crippen LogP contribution in [0.5, 0.6) is 17.2 Å². The second kappa shape index (κ2) is 12.3. The van der Waals surface area contributed by atoms with E-state index in [1.807, 2.05) is 6.92 Å². The molecule has 0 aliphatic rings. The number of rotatable bonds is 11. The molecule has 0 fully saturated rings. The van der Waals surface area contributed by atoms with Crippen LogP contribution in [0, 0.1) is 6.92 Å². The van der Waals surface area contributed by atoms with E-state index in [9.17, 15) is 13.2 Å². The van der Waals surface area contributed by atoms with Crippen LogP contribution in [-0.4, -0.2) is 58.5 Å². The highest BCUT2D eigenvalue weighted by Gasteiger charge is 2.28. The average molecular weight is 547 g/mol. The first-order valence-electron chi connectivity index (χ1n) is 11.4. The summed E-state index contributed by atoms with van der Waals surface area (Å²) in [6, 6.07) is 16.9. The van der Waals surface area contributed by atoms with Crippen LogP contribution >= 0.6 is 11.6 Å². The third-order valence-corrected chi connectivity index (χ3v) is 7.83. The van der Waals surface area contributed by atoms with Gasteiger partial charge in [-0.3, -0.25) is 4.79 Å². The molecular formula is C27H31ClN2O6S. The Morgan fingerprint density at radius 1 is 0.865 bits per heavy atom. The van der Waals surface area contributed by atoms with Crippen molar-refractivity contribution in [3.8, 4) is 17.2 Å². The normalized spacial score (nSPS) is 11.3. The van der Waals surface area contributed by atoms with Gasteiger partial charge in [0.15, 0.2) is 11.5 Å². The average Bonchev–Trinajstić information content (AvgIpc) is 2.87. The molecule has 0 N–H and O–H groups in total. The molecule has 0 heterocycles. The molecule has 0 spiro atoms. The Hall–Kier alpha value is -3.27. The molecule has 0 unspecified atom stereocenters. The minimum atomic E-state index is -3.97. The number of sulfonamides is 1. The van der Waals surface area contributed by atoms with Crippen molar-refractivity contribution in [3.05, 3.63) is 82.4 Å². The van der Waals surface area contributed by atoms with Crippen LogP contribution < -0.4 is 14.2 Å². The summed E-state index contributed by atoms with van der Waals surface area (Å²) in [4.78, 5) is 14.9. The van der Waals surface area contributed by atoms with Crippen LogP contribution in [0.25, 0.3) is 0 Å². The number of hydrogen-bond acceptors (Lipinski definition) is 6. The van der Waals surface area contributed by atoms with Crippen molar-refractivity contribution in [2.24, 2.45) is 0 Å². The number of halogens is 1. The van der Waals surface area contributed by atoms with Gasteiger partial charge >= 0.3 is 0 Å². The lowest BCUT2D eigenvalue weighted by Gasteiger charge is -2.25. The highest BCUT2D eigenvalue weighted by atomic mass is 35.5. The fourth-order valence-electron chi connectivity index (χ4n) is 3.78. The van der Waals surface area contributed by atoms with E-state index in [0.29, 0.717) is 27.8 Å².